The van der Waals surface area contributed by atoms with Crippen LogP contribution in [0.25, 0.3) is 0 Å². The lowest BCUT2D eigenvalue weighted by Gasteiger charge is -2.07. The van der Waals surface area contributed by atoms with Crippen LogP contribution in [-0.2, 0) is 14.8 Å². The number of aryl methyl sites for hydroxylation is 1. The third-order valence-electron chi connectivity index (χ3n) is 2.25. The molecule has 1 N–H and O–H groups in total. The lowest BCUT2D eigenvalue weighted by molar-refractivity contribution is 0.153. The molecule has 1 aromatic rings. The largest absolute Gasteiger partial charge is 0.449 e. The zero-order valence-electron chi connectivity index (χ0n) is 11.0. The first-order valence-corrected chi connectivity index (χ1v) is 8.01. The molecule has 0 fully saturated rings. The van der Waals surface area contributed by atoms with Gasteiger partial charge in [-0.2, -0.15) is 12.6 Å². The third kappa shape index (κ3) is 4.84. The summed E-state index contributed by atoms with van der Waals surface area (Å²) in [6.07, 6.45) is 2.04. The van der Waals surface area contributed by atoms with Crippen molar-refractivity contribution in [2.75, 3.05) is 19.4 Å². The van der Waals surface area contributed by atoms with E-state index in [-0.39, 0.29) is 13.2 Å². The van der Waals surface area contributed by atoms with E-state index in [4.69, 9.17) is 4.74 Å². The summed E-state index contributed by atoms with van der Waals surface area (Å²) in [5.74, 6) is 0.465. The van der Waals surface area contributed by atoms with Crippen LogP contribution in [0.1, 0.15) is 23.7 Å². The topological polar surface area (TPSA) is 90.3 Å². The smallest absolute Gasteiger partial charge is 0.419 e. The van der Waals surface area contributed by atoms with Crippen molar-refractivity contribution in [1.82, 2.24) is 14.3 Å². The summed E-state index contributed by atoms with van der Waals surface area (Å²) in [5, 5.41) is -0.441. The first-order chi connectivity index (χ1) is 8.74. The minimum absolute atomic E-state index is 0.0984. The molecule has 1 unspecified atom stereocenters. The van der Waals surface area contributed by atoms with Gasteiger partial charge in [-0.25, -0.2) is 27.5 Å². The van der Waals surface area contributed by atoms with E-state index >= 15 is 0 Å². The Morgan fingerprint density at radius 3 is 2.79 bits per heavy atom. The molecule has 0 aliphatic heterocycles. The first kappa shape index (κ1) is 16.0. The van der Waals surface area contributed by atoms with E-state index in [0.717, 1.165) is 6.26 Å². The minimum atomic E-state index is -3.28. The summed E-state index contributed by atoms with van der Waals surface area (Å²) in [6, 6.07) is 0. The Hall–Kier alpha value is -1.06. The van der Waals surface area contributed by atoms with Crippen LogP contribution in [0, 0.1) is 6.92 Å². The SMILES string of the molecule is CCOC(=O)n1cc(C(S)CNS(C)(=O)=O)nc1C. The summed E-state index contributed by atoms with van der Waals surface area (Å²) in [6.45, 7) is 3.74. The maximum Gasteiger partial charge on any atom is 0.419 e. The van der Waals surface area contributed by atoms with Crippen LogP contribution in [0.5, 0.6) is 0 Å². The number of nitrogens with one attached hydrogen (secondary N) is 1. The van der Waals surface area contributed by atoms with E-state index in [0.29, 0.717) is 11.5 Å². The number of hydrogen-bond donors (Lipinski definition) is 2. The molecule has 108 valence electrons. The Balaban J connectivity index is 2.80. The molecule has 1 atom stereocenters. The maximum atomic E-state index is 11.6. The molecule has 0 aliphatic rings. The normalized spacial score (nSPS) is 13.3. The monoisotopic (exact) mass is 307 g/mol. The van der Waals surface area contributed by atoms with Crippen molar-refractivity contribution in [2.24, 2.45) is 0 Å². The summed E-state index contributed by atoms with van der Waals surface area (Å²) in [4.78, 5) is 15.7. The number of rotatable bonds is 5. The van der Waals surface area contributed by atoms with Crippen LogP contribution in [0.2, 0.25) is 0 Å². The van der Waals surface area contributed by atoms with Gasteiger partial charge in [0.1, 0.15) is 5.82 Å². The highest BCUT2D eigenvalue weighted by molar-refractivity contribution is 7.88. The summed E-state index contributed by atoms with van der Waals surface area (Å²) in [7, 11) is -3.28. The number of sulfonamides is 1. The molecule has 9 heteroatoms. The number of imidazole rings is 1. The van der Waals surface area contributed by atoms with Gasteiger partial charge in [-0.15, -0.1) is 0 Å². The lowest BCUT2D eigenvalue weighted by Crippen LogP contribution is -2.25. The molecule has 19 heavy (non-hydrogen) atoms. The third-order valence-corrected chi connectivity index (χ3v) is 3.38. The van der Waals surface area contributed by atoms with Gasteiger partial charge in [0.15, 0.2) is 0 Å². The van der Waals surface area contributed by atoms with Crippen molar-refractivity contribution in [1.29, 1.82) is 0 Å². The van der Waals surface area contributed by atoms with Crippen LogP contribution >= 0.6 is 12.6 Å². The first-order valence-electron chi connectivity index (χ1n) is 5.60. The average molecular weight is 307 g/mol. The highest BCUT2D eigenvalue weighted by Crippen LogP contribution is 2.18. The molecule has 0 saturated heterocycles. The molecule has 7 nitrogen and oxygen atoms in total. The Morgan fingerprint density at radius 1 is 1.63 bits per heavy atom. The van der Waals surface area contributed by atoms with E-state index in [1.165, 1.54) is 10.8 Å². The average Bonchev–Trinajstić information content (AvgIpc) is 2.67. The van der Waals surface area contributed by atoms with Gasteiger partial charge in [-0.1, -0.05) is 0 Å². The number of carbonyl (C=O) groups is 1. The van der Waals surface area contributed by atoms with Crippen molar-refractivity contribution in [3.05, 3.63) is 17.7 Å². The van der Waals surface area contributed by atoms with Crippen LogP contribution in [0.15, 0.2) is 6.20 Å². The quantitative estimate of drug-likeness (QED) is 0.782. The number of ether oxygens (including phenoxy) is 1. The van der Waals surface area contributed by atoms with Gasteiger partial charge in [-0.05, 0) is 13.8 Å². The zero-order chi connectivity index (χ0) is 14.6. The minimum Gasteiger partial charge on any atom is -0.449 e. The summed E-state index contributed by atoms with van der Waals surface area (Å²) >= 11 is 4.26. The lowest BCUT2D eigenvalue weighted by atomic mass is 10.3. The molecule has 0 bridgehead atoms. The van der Waals surface area contributed by atoms with Crippen LogP contribution in [-0.4, -0.2) is 43.5 Å². The van der Waals surface area contributed by atoms with Crippen LogP contribution in [0.4, 0.5) is 4.79 Å². The molecule has 0 saturated carbocycles. The van der Waals surface area contributed by atoms with Gasteiger partial charge < -0.3 is 4.74 Å². The van der Waals surface area contributed by atoms with Gasteiger partial charge in [0.05, 0.1) is 23.8 Å². The van der Waals surface area contributed by atoms with Crippen molar-refractivity contribution >= 4 is 28.7 Å². The van der Waals surface area contributed by atoms with E-state index in [1.807, 2.05) is 0 Å². The van der Waals surface area contributed by atoms with Gasteiger partial charge >= 0.3 is 6.09 Å². The fourth-order valence-electron chi connectivity index (χ4n) is 1.37. The van der Waals surface area contributed by atoms with Crippen LogP contribution < -0.4 is 4.72 Å². The van der Waals surface area contributed by atoms with E-state index in [9.17, 15) is 13.2 Å². The Morgan fingerprint density at radius 2 is 2.26 bits per heavy atom. The fraction of sp³-hybridized carbons (Fsp3) is 0.600. The zero-order valence-corrected chi connectivity index (χ0v) is 12.7. The Bertz CT molecular complexity index is 553. The van der Waals surface area contributed by atoms with Crippen molar-refractivity contribution in [3.63, 3.8) is 0 Å². The van der Waals surface area contributed by atoms with E-state index < -0.39 is 21.4 Å². The highest BCUT2D eigenvalue weighted by Gasteiger charge is 2.17. The van der Waals surface area contributed by atoms with Crippen molar-refractivity contribution in [3.8, 4) is 0 Å². The number of hydrogen-bond acceptors (Lipinski definition) is 6. The summed E-state index contributed by atoms with van der Waals surface area (Å²) < 4.78 is 30.4. The van der Waals surface area contributed by atoms with Gasteiger partial charge in [0.2, 0.25) is 10.0 Å². The van der Waals surface area contributed by atoms with E-state index in [2.05, 4.69) is 22.3 Å². The number of nitrogens with zero attached hydrogens (tertiary/aromatic N) is 2. The molecule has 1 rings (SSSR count). The molecular formula is C10H17N3O4S2. The number of thiol groups is 1. The second-order valence-corrected chi connectivity index (χ2v) is 6.37. The van der Waals surface area contributed by atoms with Gasteiger partial charge in [0, 0.05) is 12.7 Å². The van der Waals surface area contributed by atoms with E-state index in [1.54, 1.807) is 13.8 Å². The molecule has 0 aliphatic carbocycles. The van der Waals surface area contributed by atoms with Gasteiger partial charge in [-0.3, -0.25) is 0 Å². The Kier molecular flexibility index (Phi) is 5.39. The Labute approximate surface area is 117 Å². The van der Waals surface area contributed by atoms with Crippen LogP contribution in [0.3, 0.4) is 0 Å². The predicted molar refractivity (Wildman–Crippen MR) is 74.0 cm³/mol. The number of aromatic nitrogens is 2. The molecule has 1 aromatic heterocycles. The molecule has 0 radical (unpaired) electrons. The number of carbonyl (C=O) groups excluding carboxylic acids is 1. The molecule has 0 amide bonds. The van der Waals surface area contributed by atoms with Gasteiger partial charge in [0.25, 0.3) is 0 Å². The highest BCUT2D eigenvalue weighted by atomic mass is 32.2. The molecular weight excluding hydrogens is 290 g/mol. The second-order valence-electron chi connectivity index (χ2n) is 3.92. The van der Waals surface area contributed by atoms with Crippen molar-refractivity contribution in [2.45, 2.75) is 19.1 Å². The molecule has 1 heterocycles. The summed E-state index contributed by atoms with van der Waals surface area (Å²) in [5.41, 5.74) is 0.505. The maximum absolute atomic E-state index is 11.6. The predicted octanol–water partition coefficient (Wildman–Crippen LogP) is 0.716. The fourth-order valence-corrected chi connectivity index (χ4v) is 2.18. The molecule has 0 aromatic carbocycles. The molecule has 0 spiro atoms. The standard InChI is InChI=1S/C10H17N3O4S2/c1-4-17-10(14)13-6-8(12-7(13)2)9(18)5-11-19(3,15)16/h6,9,11,18H,4-5H2,1-3H3. The van der Waals surface area contributed by atoms with Crippen molar-refractivity contribution < 1.29 is 17.9 Å². The second kappa shape index (κ2) is 6.40.